The quantitative estimate of drug-likeness (QED) is 0.318. The lowest BCUT2D eigenvalue weighted by atomic mass is 10.1. The van der Waals surface area contributed by atoms with Crippen LogP contribution in [0.1, 0.15) is 88.9 Å². The van der Waals surface area contributed by atoms with Crippen LogP contribution in [0.3, 0.4) is 0 Å². The minimum Gasteiger partial charge on any atom is -0.376 e. The normalized spacial score (nSPS) is 11.1. The number of thiophene rings is 1. The summed E-state index contributed by atoms with van der Waals surface area (Å²) in [5, 5.41) is 2.11. The lowest BCUT2D eigenvalue weighted by molar-refractivity contribution is 0.118. The summed E-state index contributed by atoms with van der Waals surface area (Å²) in [6.45, 7) is 4.01. The molecule has 0 aliphatic heterocycles. The second kappa shape index (κ2) is 14.6. The smallest absolute Gasteiger partial charge is 0.0809 e. The molecule has 1 aromatic heterocycles. The zero-order valence-corrected chi connectivity index (χ0v) is 14.8. The van der Waals surface area contributed by atoms with Crippen molar-refractivity contribution in [3.05, 3.63) is 22.4 Å². The average molecular weight is 311 g/mol. The number of ether oxygens (including phenoxy) is 1. The van der Waals surface area contributed by atoms with Gasteiger partial charge in [0.15, 0.2) is 0 Å². The van der Waals surface area contributed by atoms with E-state index in [1.807, 2.05) is 0 Å². The minimum atomic E-state index is 0.801. The molecular weight excluding hydrogens is 276 g/mol. The second-order valence-electron chi connectivity index (χ2n) is 6.02. The van der Waals surface area contributed by atoms with Crippen molar-refractivity contribution in [2.24, 2.45) is 0 Å². The molecule has 2 heteroatoms. The Balaban J connectivity index is 1.69. The number of hydrogen-bond acceptors (Lipinski definition) is 2. The Bertz CT molecular complexity index is 295. The van der Waals surface area contributed by atoms with Crippen molar-refractivity contribution in [2.75, 3.05) is 6.61 Å². The van der Waals surface area contributed by atoms with Crippen LogP contribution in [0.2, 0.25) is 0 Å². The van der Waals surface area contributed by atoms with Gasteiger partial charge in [-0.05, 0) is 17.9 Å². The van der Waals surface area contributed by atoms with Crippen LogP contribution in [0.25, 0.3) is 0 Å². The van der Waals surface area contributed by atoms with E-state index >= 15 is 0 Å². The van der Waals surface area contributed by atoms with Crippen LogP contribution in [0.15, 0.2) is 17.5 Å². The molecule has 0 fully saturated rings. The molecule has 0 radical (unpaired) electrons. The molecule has 0 aliphatic rings. The van der Waals surface area contributed by atoms with Gasteiger partial charge in [-0.3, -0.25) is 0 Å². The minimum absolute atomic E-state index is 0.801. The van der Waals surface area contributed by atoms with Gasteiger partial charge in [-0.1, -0.05) is 83.6 Å². The lowest BCUT2D eigenvalue weighted by Crippen LogP contribution is -1.93. The molecule has 122 valence electrons. The fraction of sp³-hybridized carbons (Fsp3) is 0.789. The monoisotopic (exact) mass is 310 g/mol. The molecule has 21 heavy (non-hydrogen) atoms. The first-order chi connectivity index (χ1) is 10.4. The largest absolute Gasteiger partial charge is 0.376 e. The molecule has 0 atom stereocenters. The standard InChI is InChI=1S/C19H34OS/c1-2-3-4-5-6-7-8-9-10-11-12-13-16-20-18-19-15-14-17-21-19/h14-15,17H,2-13,16,18H2,1H3. The second-order valence-corrected chi connectivity index (χ2v) is 7.05. The van der Waals surface area contributed by atoms with E-state index in [1.54, 1.807) is 11.3 Å². The van der Waals surface area contributed by atoms with Gasteiger partial charge < -0.3 is 4.74 Å². The van der Waals surface area contributed by atoms with Gasteiger partial charge in [0.2, 0.25) is 0 Å². The van der Waals surface area contributed by atoms with Gasteiger partial charge in [-0.15, -0.1) is 11.3 Å². The van der Waals surface area contributed by atoms with Gasteiger partial charge >= 0.3 is 0 Å². The zero-order valence-electron chi connectivity index (χ0n) is 13.9. The molecule has 1 heterocycles. The first-order valence-electron chi connectivity index (χ1n) is 9.03. The average Bonchev–Trinajstić information content (AvgIpc) is 3.01. The fourth-order valence-corrected chi connectivity index (χ4v) is 3.25. The van der Waals surface area contributed by atoms with Crippen molar-refractivity contribution in [3.63, 3.8) is 0 Å². The summed E-state index contributed by atoms with van der Waals surface area (Å²) in [5.74, 6) is 0. The summed E-state index contributed by atoms with van der Waals surface area (Å²) >= 11 is 1.78. The van der Waals surface area contributed by atoms with Crippen LogP contribution in [0.5, 0.6) is 0 Å². The van der Waals surface area contributed by atoms with Gasteiger partial charge in [-0.25, -0.2) is 0 Å². The molecule has 0 unspecified atom stereocenters. The van der Waals surface area contributed by atoms with E-state index < -0.39 is 0 Å². The van der Waals surface area contributed by atoms with E-state index in [-0.39, 0.29) is 0 Å². The van der Waals surface area contributed by atoms with E-state index in [4.69, 9.17) is 4.74 Å². The van der Waals surface area contributed by atoms with Crippen molar-refractivity contribution >= 4 is 11.3 Å². The van der Waals surface area contributed by atoms with E-state index in [2.05, 4.69) is 24.4 Å². The summed E-state index contributed by atoms with van der Waals surface area (Å²) in [7, 11) is 0. The fourth-order valence-electron chi connectivity index (χ4n) is 2.61. The maximum Gasteiger partial charge on any atom is 0.0809 e. The van der Waals surface area contributed by atoms with Crippen molar-refractivity contribution in [2.45, 2.75) is 90.6 Å². The van der Waals surface area contributed by atoms with Crippen molar-refractivity contribution in [1.29, 1.82) is 0 Å². The number of unbranched alkanes of at least 4 members (excludes halogenated alkanes) is 11. The van der Waals surface area contributed by atoms with Crippen LogP contribution in [0.4, 0.5) is 0 Å². The highest BCUT2D eigenvalue weighted by Crippen LogP contribution is 2.13. The molecular formula is C19H34OS. The molecule has 0 spiro atoms. The van der Waals surface area contributed by atoms with Gasteiger partial charge in [0.05, 0.1) is 6.61 Å². The highest BCUT2D eigenvalue weighted by Gasteiger charge is 1.95. The molecule has 0 bridgehead atoms. The molecule has 0 saturated carbocycles. The highest BCUT2D eigenvalue weighted by atomic mass is 32.1. The number of rotatable bonds is 15. The maximum atomic E-state index is 5.68. The van der Waals surface area contributed by atoms with Crippen LogP contribution in [-0.4, -0.2) is 6.61 Å². The third kappa shape index (κ3) is 11.9. The first kappa shape index (κ1) is 18.7. The third-order valence-corrected chi connectivity index (χ3v) is 4.82. The predicted molar refractivity (Wildman–Crippen MR) is 95.1 cm³/mol. The molecule has 1 nitrogen and oxygen atoms in total. The van der Waals surface area contributed by atoms with Gasteiger partial charge in [0.1, 0.15) is 0 Å². The molecule has 0 N–H and O–H groups in total. The van der Waals surface area contributed by atoms with Crippen molar-refractivity contribution in [3.8, 4) is 0 Å². The molecule has 0 aromatic carbocycles. The van der Waals surface area contributed by atoms with Gasteiger partial charge in [0, 0.05) is 11.5 Å². The first-order valence-corrected chi connectivity index (χ1v) is 9.91. The van der Waals surface area contributed by atoms with Crippen LogP contribution in [0, 0.1) is 0 Å². The van der Waals surface area contributed by atoms with E-state index in [1.165, 1.54) is 81.9 Å². The lowest BCUT2D eigenvalue weighted by Gasteiger charge is -2.04. The van der Waals surface area contributed by atoms with Crippen LogP contribution in [-0.2, 0) is 11.3 Å². The predicted octanol–water partition coefficient (Wildman–Crippen LogP) is 6.97. The Morgan fingerprint density at radius 2 is 1.38 bits per heavy atom. The van der Waals surface area contributed by atoms with Crippen LogP contribution >= 0.6 is 11.3 Å². The SMILES string of the molecule is CCCCCCCCCCCCCCOCc1cccs1. The molecule has 0 saturated heterocycles. The summed E-state index contributed by atoms with van der Waals surface area (Å²) in [6.07, 6.45) is 16.8. The summed E-state index contributed by atoms with van der Waals surface area (Å²) in [4.78, 5) is 1.34. The Morgan fingerprint density at radius 3 is 1.90 bits per heavy atom. The molecule has 0 aliphatic carbocycles. The highest BCUT2D eigenvalue weighted by molar-refractivity contribution is 7.09. The summed E-state index contributed by atoms with van der Waals surface area (Å²) in [6, 6.07) is 4.24. The van der Waals surface area contributed by atoms with Crippen LogP contribution < -0.4 is 0 Å². The Labute approximate surface area is 136 Å². The van der Waals surface area contributed by atoms with Gasteiger partial charge in [-0.2, -0.15) is 0 Å². The zero-order chi connectivity index (χ0) is 15.0. The van der Waals surface area contributed by atoms with Crippen molar-refractivity contribution in [1.82, 2.24) is 0 Å². The van der Waals surface area contributed by atoms with Crippen molar-refractivity contribution < 1.29 is 4.74 Å². The van der Waals surface area contributed by atoms with Gasteiger partial charge in [0.25, 0.3) is 0 Å². The molecule has 0 amide bonds. The van der Waals surface area contributed by atoms with E-state index in [0.29, 0.717) is 0 Å². The maximum absolute atomic E-state index is 5.68. The third-order valence-electron chi connectivity index (χ3n) is 3.97. The molecule has 1 rings (SSSR count). The van der Waals surface area contributed by atoms with E-state index in [0.717, 1.165) is 13.2 Å². The number of hydrogen-bond donors (Lipinski definition) is 0. The van der Waals surface area contributed by atoms with E-state index in [9.17, 15) is 0 Å². The Hall–Kier alpha value is -0.340. The Kier molecular flexibility index (Phi) is 13.0. The summed E-state index contributed by atoms with van der Waals surface area (Å²) in [5.41, 5.74) is 0. The molecule has 1 aromatic rings. The topological polar surface area (TPSA) is 9.23 Å². The Morgan fingerprint density at radius 1 is 0.810 bits per heavy atom. The summed E-state index contributed by atoms with van der Waals surface area (Å²) < 4.78 is 5.68.